The molecule has 2 aliphatic heterocycles. The molecule has 0 spiro atoms. The van der Waals surface area contributed by atoms with Crippen LogP contribution >= 0.6 is 0 Å². The highest BCUT2D eigenvalue weighted by atomic mass is 16.7. The Morgan fingerprint density at radius 1 is 1.13 bits per heavy atom. The summed E-state index contributed by atoms with van der Waals surface area (Å²) in [4.78, 5) is 28.6. The number of nitrogens with zero attached hydrogens (tertiary/aromatic N) is 1. The van der Waals surface area contributed by atoms with Gasteiger partial charge in [-0.05, 0) is 48.9 Å². The summed E-state index contributed by atoms with van der Waals surface area (Å²) < 4.78 is 27.0. The predicted octanol–water partition coefficient (Wildman–Crippen LogP) is 3.72. The third-order valence-electron chi connectivity index (χ3n) is 4.49. The lowest BCUT2D eigenvalue weighted by Crippen LogP contribution is -2.15. The fourth-order valence-electron chi connectivity index (χ4n) is 2.91. The van der Waals surface area contributed by atoms with Crippen LogP contribution < -0.4 is 18.9 Å². The number of fused-ring (bicyclic) bond motifs is 1. The van der Waals surface area contributed by atoms with Gasteiger partial charge in [0.05, 0.1) is 12.5 Å². The van der Waals surface area contributed by atoms with Crippen LogP contribution in [0.3, 0.4) is 0 Å². The highest BCUT2D eigenvalue weighted by Gasteiger charge is 2.26. The molecule has 0 unspecified atom stereocenters. The molecular weight excluding hydrogens is 402 g/mol. The summed E-state index contributed by atoms with van der Waals surface area (Å²) in [6, 6.07) is 10.2. The zero-order chi connectivity index (χ0) is 22.0. The molecule has 2 aliphatic rings. The van der Waals surface area contributed by atoms with Crippen LogP contribution in [0, 0.1) is 5.92 Å². The van der Waals surface area contributed by atoms with E-state index in [2.05, 4.69) is 4.99 Å². The molecular formula is C23H21NO7. The summed E-state index contributed by atoms with van der Waals surface area (Å²) in [5.41, 5.74) is 1.39. The van der Waals surface area contributed by atoms with Crippen LogP contribution in [0.4, 0.5) is 0 Å². The summed E-state index contributed by atoms with van der Waals surface area (Å²) in [5, 5.41) is 0. The van der Waals surface area contributed by atoms with E-state index < -0.39 is 5.97 Å². The van der Waals surface area contributed by atoms with Crippen LogP contribution in [-0.2, 0) is 14.3 Å². The van der Waals surface area contributed by atoms with Crippen LogP contribution in [0.5, 0.6) is 23.0 Å². The SMILES string of the molecule is CCOc1cc(/C=C2/N=C(c3ccc4c(c3)OCO4)OC2=O)ccc1OC(=O)C(C)C. The third kappa shape index (κ3) is 4.37. The summed E-state index contributed by atoms with van der Waals surface area (Å²) in [7, 11) is 0. The molecule has 0 fully saturated rings. The Kier molecular flexibility index (Phi) is 5.62. The van der Waals surface area contributed by atoms with Crippen LogP contribution in [0.1, 0.15) is 31.9 Å². The maximum atomic E-state index is 12.3. The molecule has 2 aromatic carbocycles. The van der Waals surface area contributed by atoms with Crippen molar-refractivity contribution in [3.63, 3.8) is 0 Å². The van der Waals surface area contributed by atoms with Crippen LogP contribution in [0.2, 0.25) is 0 Å². The molecule has 0 amide bonds. The lowest BCUT2D eigenvalue weighted by atomic mass is 10.1. The van der Waals surface area contributed by atoms with Crippen LogP contribution in [0.15, 0.2) is 47.1 Å². The third-order valence-corrected chi connectivity index (χ3v) is 4.49. The standard InChI is InChI=1S/C23H21NO7/c1-4-27-19-10-14(5-7-18(19)30-22(25)13(2)3)9-16-23(26)31-21(24-16)15-6-8-17-20(11-15)29-12-28-17/h5-11,13H,4,12H2,1-3H3/b16-9+. The van der Waals surface area contributed by atoms with Gasteiger partial charge in [-0.1, -0.05) is 19.9 Å². The van der Waals surface area contributed by atoms with Gasteiger partial charge in [0.2, 0.25) is 12.7 Å². The van der Waals surface area contributed by atoms with E-state index in [0.29, 0.717) is 40.7 Å². The van der Waals surface area contributed by atoms with Gasteiger partial charge in [-0.25, -0.2) is 9.79 Å². The zero-order valence-electron chi connectivity index (χ0n) is 17.3. The number of esters is 2. The molecule has 31 heavy (non-hydrogen) atoms. The Bertz CT molecular complexity index is 1100. The Morgan fingerprint density at radius 3 is 2.71 bits per heavy atom. The second-order valence-electron chi connectivity index (χ2n) is 7.12. The first-order chi connectivity index (χ1) is 14.9. The lowest BCUT2D eigenvalue weighted by molar-refractivity contribution is -0.138. The van der Waals surface area contributed by atoms with Gasteiger partial charge in [-0.15, -0.1) is 0 Å². The smallest absolute Gasteiger partial charge is 0.363 e. The zero-order valence-corrected chi connectivity index (χ0v) is 17.3. The van der Waals surface area contributed by atoms with Gasteiger partial charge in [0.25, 0.3) is 0 Å². The maximum Gasteiger partial charge on any atom is 0.363 e. The van der Waals surface area contributed by atoms with Gasteiger partial charge in [-0.3, -0.25) is 4.79 Å². The minimum absolute atomic E-state index is 0.141. The van der Waals surface area contributed by atoms with Crippen molar-refractivity contribution in [1.82, 2.24) is 0 Å². The molecule has 8 heteroatoms. The molecule has 0 atom stereocenters. The minimum Gasteiger partial charge on any atom is -0.490 e. The molecule has 0 aliphatic carbocycles. The molecule has 0 bridgehead atoms. The molecule has 160 valence electrons. The van der Waals surface area contributed by atoms with Crippen molar-refractivity contribution in [3.05, 3.63) is 53.2 Å². The van der Waals surface area contributed by atoms with Crippen molar-refractivity contribution in [3.8, 4) is 23.0 Å². The molecule has 0 aromatic heterocycles. The van der Waals surface area contributed by atoms with Gasteiger partial charge < -0.3 is 23.7 Å². The van der Waals surface area contributed by atoms with Crippen molar-refractivity contribution in [2.24, 2.45) is 10.9 Å². The first-order valence-electron chi connectivity index (χ1n) is 9.85. The van der Waals surface area contributed by atoms with E-state index in [0.717, 1.165) is 0 Å². The van der Waals surface area contributed by atoms with E-state index in [-0.39, 0.29) is 30.3 Å². The molecule has 0 saturated heterocycles. The number of cyclic esters (lactones) is 1. The van der Waals surface area contributed by atoms with Gasteiger partial charge in [0.15, 0.2) is 28.7 Å². The highest BCUT2D eigenvalue weighted by Crippen LogP contribution is 2.34. The molecule has 8 nitrogen and oxygen atoms in total. The molecule has 0 radical (unpaired) electrons. The van der Waals surface area contributed by atoms with E-state index in [1.165, 1.54) is 0 Å². The fourth-order valence-corrected chi connectivity index (χ4v) is 2.91. The number of carbonyl (C=O) groups is 2. The monoisotopic (exact) mass is 423 g/mol. The van der Waals surface area contributed by atoms with Gasteiger partial charge in [0, 0.05) is 5.56 Å². The van der Waals surface area contributed by atoms with Crippen molar-refractivity contribution in [1.29, 1.82) is 0 Å². The van der Waals surface area contributed by atoms with Crippen LogP contribution in [0.25, 0.3) is 6.08 Å². The molecule has 0 saturated carbocycles. The van der Waals surface area contributed by atoms with E-state index in [1.807, 2.05) is 6.92 Å². The second kappa shape index (κ2) is 8.51. The first kappa shape index (κ1) is 20.5. The molecule has 0 N–H and O–H groups in total. The Morgan fingerprint density at radius 2 is 1.94 bits per heavy atom. The fraction of sp³-hybridized carbons (Fsp3) is 0.261. The average molecular weight is 423 g/mol. The van der Waals surface area contributed by atoms with Gasteiger partial charge in [0.1, 0.15) is 0 Å². The number of ether oxygens (including phenoxy) is 5. The summed E-state index contributed by atoms with van der Waals surface area (Å²) in [5.74, 6) is 0.909. The van der Waals surface area contributed by atoms with E-state index in [4.69, 9.17) is 23.7 Å². The Labute approximate surface area is 179 Å². The van der Waals surface area contributed by atoms with Crippen LogP contribution in [-0.4, -0.2) is 31.2 Å². The number of benzene rings is 2. The van der Waals surface area contributed by atoms with Crippen molar-refractivity contribution < 1.29 is 33.3 Å². The minimum atomic E-state index is -0.569. The molecule has 2 aromatic rings. The number of carbonyl (C=O) groups excluding carboxylic acids is 2. The average Bonchev–Trinajstić information content (AvgIpc) is 3.36. The summed E-state index contributed by atoms with van der Waals surface area (Å²) >= 11 is 0. The molecule has 4 rings (SSSR count). The number of hydrogen-bond acceptors (Lipinski definition) is 8. The normalized spacial score (nSPS) is 15.8. The largest absolute Gasteiger partial charge is 0.490 e. The topological polar surface area (TPSA) is 92.7 Å². The van der Waals surface area contributed by atoms with Gasteiger partial charge in [-0.2, -0.15) is 0 Å². The van der Waals surface area contributed by atoms with Gasteiger partial charge >= 0.3 is 11.9 Å². The number of rotatable bonds is 6. The number of aliphatic imine (C=N–C) groups is 1. The van der Waals surface area contributed by atoms with E-state index >= 15 is 0 Å². The quantitative estimate of drug-likeness (QED) is 0.397. The Hall–Kier alpha value is -3.81. The van der Waals surface area contributed by atoms with Crippen molar-refractivity contribution in [2.45, 2.75) is 20.8 Å². The lowest BCUT2D eigenvalue weighted by Gasteiger charge is -2.12. The van der Waals surface area contributed by atoms with E-state index in [1.54, 1.807) is 56.3 Å². The van der Waals surface area contributed by atoms with Crippen molar-refractivity contribution in [2.75, 3.05) is 13.4 Å². The predicted molar refractivity (Wildman–Crippen MR) is 111 cm³/mol. The second-order valence-corrected chi connectivity index (χ2v) is 7.12. The first-order valence-corrected chi connectivity index (χ1v) is 9.85. The number of hydrogen-bond donors (Lipinski definition) is 0. The summed E-state index contributed by atoms with van der Waals surface area (Å²) in [6.07, 6.45) is 1.58. The van der Waals surface area contributed by atoms with Crippen molar-refractivity contribution >= 4 is 23.9 Å². The maximum absolute atomic E-state index is 12.3. The van der Waals surface area contributed by atoms with E-state index in [9.17, 15) is 9.59 Å². The Balaban J connectivity index is 1.60. The summed E-state index contributed by atoms with van der Waals surface area (Å²) in [6.45, 7) is 5.88. The highest BCUT2D eigenvalue weighted by molar-refractivity contribution is 6.13. The molecule has 2 heterocycles.